The number of nitrogens with zero attached hydrogens (tertiary/aromatic N) is 1. The molecule has 0 bridgehead atoms. The molecular weight excluding hydrogens is 144 g/mol. The summed E-state index contributed by atoms with van der Waals surface area (Å²) in [5.74, 6) is 0.0588. The topological polar surface area (TPSA) is 66.6 Å². The van der Waals surface area contributed by atoms with Crippen LogP contribution in [0.4, 0.5) is 0 Å². The highest BCUT2D eigenvalue weighted by atomic mass is 16.3. The van der Waals surface area contributed by atoms with E-state index in [-0.39, 0.29) is 18.8 Å². The van der Waals surface area contributed by atoms with Gasteiger partial charge in [-0.3, -0.25) is 9.69 Å². The predicted molar refractivity (Wildman–Crippen MR) is 43.3 cm³/mol. The van der Waals surface area contributed by atoms with Gasteiger partial charge in [0.1, 0.15) is 5.78 Å². The van der Waals surface area contributed by atoms with E-state index in [1.807, 2.05) is 11.9 Å². The molecule has 4 heteroatoms. The summed E-state index contributed by atoms with van der Waals surface area (Å²) in [6, 6.07) is 0. The summed E-state index contributed by atoms with van der Waals surface area (Å²) in [7, 11) is 1.84. The standard InChI is InChI=1S/C7H16N2O2/c1-9(4-3-8)6-7(11)2-5-10/h10H,2-6,8H2,1H3. The molecule has 0 spiro atoms. The first-order chi connectivity index (χ1) is 5.20. The molecule has 0 amide bonds. The Hall–Kier alpha value is -0.450. The third-order valence-corrected chi connectivity index (χ3v) is 1.35. The Morgan fingerprint density at radius 3 is 2.73 bits per heavy atom. The van der Waals surface area contributed by atoms with Gasteiger partial charge in [-0.05, 0) is 7.05 Å². The number of Topliss-reactive ketones (excluding diaryl/α,β-unsaturated/α-hetero) is 1. The van der Waals surface area contributed by atoms with Crippen LogP contribution in [0.3, 0.4) is 0 Å². The van der Waals surface area contributed by atoms with Crippen LogP contribution in [-0.2, 0) is 4.79 Å². The van der Waals surface area contributed by atoms with Gasteiger partial charge in [0.15, 0.2) is 0 Å². The van der Waals surface area contributed by atoms with Crippen LogP contribution in [0.5, 0.6) is 0 Å². The minimum atomic E-state index is -0.0602. The van der Waals surface area contributed by atoms with Gasteiger partial charge in [-0.1, -0.05) is 0 Å². The summed E-state index contributed by atoms with van der Waals surface area (Å²) in [4.78, 5) is 12.7. The quantitative estimate of drug-likeness (QED) is 0.514. The summed E-state index contributed by atoms with van der Waals surface area (Å²) in [5.41, 5.74) is 5.28. The van der Waals surface area contributed by atoms with Gasteiger partial charge < -0.3 is 10.8 Å². The third-order valence-electron chi connectivity index (χ3n) is 1.35. The van der Waals surface area contributed by atoms with Gasteiger partial charge in [0, 0.05) is 19.5 Å². The molecule has 0 atom stereocenters. The van der Waals surface area contributed by atoms with E-state index in [1.54, 1.807) is 0 Å². The number of ketones is 1. The van der Waals surface area contributed by atoms with Crippen molar-refractivity contribution in [2.75, 3.05) is 33.3 Å². The molecule has 0 aromatic rings. The lowest BCUT2D eigenvalue weighted by Crippen LogP contribution is -2.30. The van der Waals surface area contributed by atoms with Crippen LogP contribution in [0.15, 0.2) is 0 Å². The summed E-state index contributed by atoms with van der Waals surface area (Å²) >= 11 is 0. The van der Waals surface area contributed by atoms with Crippen LogP contribution in [-0.4, -0.2) is 49.1 Å². The van der Waals surface area contributed by atoms with Gasteiger partial charge in [-0.2, -0.15) is 0 Å². The molecular formula is C7H16N2O2. The van der Waals surface area contributed by atoms with Gasteiger partial charge in [0.05, 0.1) is 13.2 Å². The average Bonchev–Trinajstić information content (AvgIpc) is 1.87. The van der Waals surface area contributed by atoms with Crippen molar-refractivity contribution in [3.63, 3.8) is 0 Å². The molecule has 0 aliphatic rings. The van der Waals surface area contributed by atoms with Crippen LogP contribution in [0.1, 0.15) is 6.42 Å². The third kappa shape index (κ3) is 5.97. The van der Waals surface area contributed by atoms with E-state index in [4.69, 9.17) is 10.8 Å². The van der Waals surface area contributed by atoms with Crippen molar-refractivity contribution >= 4 is 5.78 Å². The normalized spacial score (nSPS) is 10.5. The number of rotatable bonds is 6. The zero-order valence-corrected chi connectivity index (χ0v) is 6.92. The minimum absolute atomic E-state index is 0.0588. The first kappa shape index (κ1) is 10.6. The Morgan fingerprint density at radius 2 is 2.27 bits per heavy atom. The molecule has 0 aliphatic carbocycles. The number of carbonyl (C=O) groups is 1. The van der Waals surface area contributed by atoms with E-state index in [1.165, 1.54) is 0 Å². The van der Waals surface area contributed by atoms with E-state index in [2.05, 4.69) is 0 Å². The van der Waals surface area contributed by atoms with Crippen LogP contribution >= 0.6 is 0 Å². The molecule has 0 aromatic heterocycles. The Morgan fingerprint density at radius 1 is 1.64 bits per heavy atom. The van der Waals surface area contributed by atoms with Crippen LogP contribution in [0.25, 0.3) is 0 Å². The second kappa shape index (κ2) is 6.27. The molecule has 0 aliphatic heterocycles. The highest BCUT2D eigenvalue weighted by Crippen LogP contribution is 1.86. The summed E-state index contributed by atoms with van der Waals surface area (Å²) in [6.45, 7) is 1.60. The molecule has 0 heterocycles. The molecule has 0 fully saturated rings. The molecule has 0 aromatic carbocycles. The molecule has 0 unspecified atom stereocenters. The van der Waals surface area contributed by atoms with Gasteiger partial charge in [0.2, 0.25) is 0 Å². The van der Waals surface area contributed by atoms with Crippen LogP contribution in [0.2, 0.25) is 0 Å². The van der Waals surface area contributed by atoms with E-state index in [9.17, 15) is 4.79 Å². The number of nitrogens with two attached hydrogens (primary N) is 1. The predicted octanol–water partition coefficient (Wildman–Crippen LogP) is -1.17. The molecule has 66 valence electrons. The van der Waals surface area contributed by atoms with Crippen molar-refractivity contribution in [2.24, 2.45) is 5.73 Å². The number of aliphatic hydroxyl groups excluding tert-OH is 1. The van der Waals surface area contributed by atoms with Gasteiger partial charge in [-0.25, -0.2) is 0 Å². The smallest absolute Gasteiger partial charge is 0.149 e. The minimum Gasteiger partial charge on any atom is -0.396 e. The maximum Gasteiger partial charge on any atom is 0.149 e. The van der Waals surface area contributed by atoms with Crippen molar-refractivity contribution < 1.29 is 9.90 Å². The van der Waals surface area contributed by atoms with E-state index < -0.39 is 0 Å². The van der Waals surface area contributed by atoms with Crippen molar-refractivity contribution in [3.8, 4) is 0 Å². The van der Waals surface area contributed by atoms with Crippen molar-refractivity contribution in [1.29, 1.82) is 0 Å². The Bertz CT molecular complexity index is 117. The SMILES string of the molecule is CN(CCN)CC(=O)CCO. The summed E-state index contributed by atoms with van der Waals surface area (Å²) < 4.78 is 0. The molecule has 0 saturated carbocycles. The number of carbonyl (C=O) groups excluding carboxylic acids is 1. The lowest BCUT2D eigenvalue weighted by molar-refractivity contribution is -0.120. The lowest BCUT2D eigenvalue weighted by atomic mass is 10.3. The summed E-state index contributed by atoms with van der Waals surface area (Å²) in [5, 5.41) is 8.42. The van der Waals surface area contributed by atoms with Crippen molar-refractivity contribution in [2.45, 2.75) is 6.42 Å². The van der Waals surface area contributed by atoms with Gasteiger partial charge in [0.25, 0.3) is 0 Å². The van der Waals surface area contributed by atoms with Crippen LogP contribution in [0, 0.1) is 0 Å². The Balaban J connectivity index is 3.40. The molecule has 0 radical (unpaired) electrons. The largest absolute Gasteiger partial charge is 0.396 e. The number of hydrogen-bond acceptors (Lipinski definition) is 4. The second-order valence-corrected chi connectivity index (χ2v) is 2.54. The zero-order valence-electron chi connectivity index (χ0n) is 6.92. The number of aliphatic hydroxyl groups is 1. The molecule has 4 nitrogen and oxygen atoms in total. The number of hydrogen-bond donors (Lipinski definition) is 2. The van der Waals surface area contributed by atoms with E-state index in [0.29, 0.717) is 13.1 Å². The van der Waals surface area contributed by atoms with Gasteiger partial charge in [-0.15, -0.1) is 0 Å². The maximum absolute atomic E-state index is 10.9. The maximum atomic E-state index is 10.9. The number of likely N-dealkylation sites (N-methyl/N-ethyl adjacent to an activating group) is 1. The lowest BCUT2D eigenvalue weighted by Gasteiger charge is -2.13. The molecule has 3 N–H and O–H groups in total. The monoisotopic (exact) mass is 160 g/mol. The fourth-order valence-corrected chi connectivity index (χ4v) is 0.804. The fourth-order valence-electron chi connectivity index (χ4n) is 0.804. The fraction of sp³-hybridized carbons (Fsp3) is 0.857. The molecule has 11 heavy (non-hydrogen) atoms. The van der Waals surface area contributed by atoms with Gasteiger partial charge >= 0.3 is 0 Å². The molecule has 0 rings (SSSR count). The van der Waals surface area contributed by atoms with Crippen molar-refractivity contribution in [1.82, 2.24) is 4.90 Å². The van der Waals surface area contributed by atoms with Crippen LogP contribution < -0.4 is 5.73 Å². The summed E-state index contributed by atoms with van der Waals surface area (Å²) in [6.07, 6.45) is 0.245. The molecule has 0 saturated heterocycles. The second-order valence-electron chi connectivity index (χ2n) is 2.54. The zero-order chi connectivity index (χ0) is 8.69. The van der Waals surface area contributed by atoms with E-state index >= 15 is 0 Å². The Kier molecular flexibility index (Phi) is 6.02. The van der Waals surface area contributed by atoms with Crippen molar-refractivity contribution in [3.05, 3.63) is 0 Å². The average molecular weight is 160 g/mol. The first-order valence-corrected chi connectivity index (χ1v) is 3.72. The Labute approximate surface area is 67.0 Å². The first-order valence-electron chi connectivity index (χ1n) is 3.72. The highest BCUT2D eigenvalue weighted by molar-refractivity contribution is 5.80. The highest BCUT2D eigenvalue weighted by Gasteiger charge is 2.03. The van der Waals surface area contributed by atoms with E-state index in [0.717, 1.165) is 6.54 Å².